The highest BCUT2D eigenvalue weighted by Crippen LogP contribution is 1.97. The van der Waals surface area contributed by atoms with Crippen LogP contribution in [-0.2, 0) is 4.74 Å². The molecule has 0 aromatic heterocycles. The molecule has 0 radical (unpaired) electrons. The van der Waals surface area contributed by atoms with Crippen LogP contribution in [0.15, 0.2) is 0 Å². The number of hydrogen-bond donors (Lipinski definition) is 2. The normalized spacial score (nSPS) is 13.1. The van der Waals surface area contributed by atoms with Gasteiger partial charge in [0.2, 0.25) is 0 Å². The van der Waals surface area contributed by atoms with E-state index in [-0.39, 0.29) is 6.10 Å². The number of ether oxygens (including phenoxy) is 1. The quantitative estimate of drug-likeness (QED) is 0.542. The molecule has 0 fully saturated rings. The molecule has 0 aliphatic carbocycles. The second-order valence-electron chi connectivity index (χ2n) is 3.22. The molecule has 0 heterocycles. The summed E-state index contributed by atoms with van der Waals surface area (Å²) in [5.74, 6) is 1.23. The van der Waals surface area contributed by atoms with Gasteiger partial charge in [-0.05, 0) is 38.3 Å². The van der Waals surface area contributed by atoms with Crippen molar-refractivity contribution in [2.45, 2.75) is 25.9 Å². The molecule has 4 heteroatoms. The van der Waals surface area contributed by atoms with Gasteiger partial charge in [-0.1, -0.05) is 0 Å². The Morgan fingerprint density at radius 2 is 2.21 bits per heavy atom. The Morgan fingerprint density at radius 3 is 2.86 bits per heavy atom. The molecule has 0 aromatic carbocycles. The fraction of sp³-hybridized carbons (Fsp3) is 1.00. The topological polar surface area (TPSA) is 41.5 Å². The minimum Gasteiger partial charge on any atom is -0.389 e. The highest BCUT2D eigenvalue weighted by Gasteiger charge is 2.01. The fourth-order valence-electron chi connectivity index (χ4n) is 1.08. The number of aliphatic hydroxyl groups is 1. The number of thioether (sulfide) groups is 1. The predicted octanol–water partition coefficient (Wildman–Crippen LogP) is 1.12. The molecule has 3 nitrogen and oxygen atoms in total. The maximum atomic E-state index is 9.39. The van der Waals surface area contributed by atoms with Gasteiger partial charge >= 0.3 is 0 Å². The molecule has 1 atom stereocenters. The van der Waals surface area contributed by atoms with Crippen molar-refractivity contribution in [1.29, 1.82) is 0 Å². The van der Waals surface area contributed by atoms with E-state index >= 15 is 0 Å². The van der Waals surface area contributed by atoms with Crippen molar-refractivity contribution in [3.63, 3.8) is 0 Å². The Morgan fingerprint density at radius 1 is 1.43 bits per heavy atom. The summed E-state index contributed by atoms with van der Waals surface area (Å²) in [5, 5.41) is 12.6. The Kier molecular flexibility index (Phi) is 11.5. The summed E-state index contributed by atoms with van der Waals surface area (Å²) in [6.07, 6.45) is 4.19. The first-order chi connectivity index (χ1) is 6.81. The van der Waals surface area contributed by atoms with E-state index in [4.69, 9.17) is 4.74 Å². The van der Waals surface area contributed by atoms with E-state index < -0.39 is 0 Å². The van der Waals surface area contributed by atoms with Crippen LogP contribution in [0.5, 0.6) is 0 Å². The molecule has 0 saturated heterocycles. The Balaban J connectivity index is 3.02. The highest BCUT2D eigenvalue weighted by atomic mass is 32.2. The lowest BCUT2D eigenvalue weighted by Gasteiger charge is -2.11. The summed E-state index contributed by atoms with van der Waals surface area (Å²) in [6, 6.07) is 0. The van der Waals surface area contributed by atoms with Crippen molar-refractivity contribution in [2.75, 3.05) is 38.3 Å². The van der Waals surface area contributed by atoms with Crippen molar-refractivity contribution in [3.05, 3.63) is 0 Å². The molecular formula is C10H23NO2S. The molecule has 0 saturated carbocycles. The Labute approximate surface area is 91.6 Å². The molecule has 1 unspecified atom stereocenters. The highest BCUT2D eigenvalue weighted by molar-refractivity contribution is 7.98. The summed E-state index contributed by atoms with van der Waals surface area (Å²) in [7, 11) is 0. The van der Waals surface area contributed by atoms with Crippen LogP contribution in [0.2, 0.25) is 0 Å². The smallest absolute Gasteiger partial charge is 0.0897 e. The van der Waals surface area contributed by atoms with Crippen molar-refractivity contribution in [1.82, 2.24) is 5.32 Å². The van der Waals surface area contributed by atoms with Crippen LogP contribution in [0.1, 0.15) is 19.8 Å². The van der Waals surface area contributed by atoms with Crippen LogP contribution < -0.4 is 5.32 Å². The van der Waals surface area contributed by atoms with E-state index in [0.29, 0.717) is 19.8 Å². The van der Waals surface area contributed by atoms with Crippen LogP contribution >= 0.6 is 11.8 Å². The van der Waals surface area contributed by atoms with Crippen molar-refractivity contribution >= 4 is 11.8 Å². The first kappa shape index (κ1) is 14.2. The van der Waals surface area contributed by atoms with E-state index in [1.165, 1.54) is 18.6 Å². The number of rotatable bonds is 10. The number of aliphatic hydroxyl groups excluding tert-OH is 1. The molecule has 0 aliphatic rings. The van der Waals surface area contributed by atoms with Gasteiger partial charge < -0.3 is 15.2 Å². The number of nitrogens with one attached hydrogen (secondary N) is 1. The van der Waals surface area contributed by atoms with Gasteiger partial charge in [-0.2, -0.15) is 11.8 Å². The number of hydrogen-bond acceptors (Lipinski definition) is 4. The van der Waals surface area contributed by atoms with Crippen LogP contribution in [0.25, 0.3) is 0 Å². The SMILES string of the molecule is CCOCC(O)CNCCCCSC. The van der Waals surface area contributed by atoms with Crippen LogP contribution in [-0.4, -0.2) is 49.5 Å². The second-order valence-corrected chi connectivity index (χ2v) is 4.20. The van der Waals surface area contributed by atoms with E-state index in [0.717, 1.165) is 6.54 Å². The molecule has 0 aromatic rings. The molecule has 0 amide bonds. The number of unbranched alkanes of at least 4 members (excludes halogenated alkanes) is 1. The molecule has 2 N–H and O–H groups in total. The summed E-state index contributed by atoms with van der Waals surface area (Å²) in [5.41, 5.74) is 0. The Hall–Kier alpha value is 0.230. The van der Waals surface area contributed by atoms with Crippen LogP contribution in [0, 0.1) is 0 Å². The van der Waals surface area contributed by atoms with Gasteiger partial charge in [-0.15, -0.1) is 0 Å². The summed E-state index contributed by atoms with van der Waals surface area (Å²) < 4.78 is 5.10. The van der Waals surface area contributed by atoms with Gasteiger partial charge in [0.25, 0.3) is 0 Å². The average molecular weight is 221 g/mol. The molecule has 86 valence electrons. The van der Waals surface area contributed by atoms with Gasteiger partial charge in [0.05, 0.1) is 12.7 Å². The summed E-state index contributed by atoms with van der Waals surface area (Å²) in [4.78, 5) is 0. The zero-order valence-electron chi connectivity index (χ0n) is 9.29. The zero-order chi connectivity index (χ0) is 10.6. The first-order valence-corrected chi connectivity index (χ1v) is 6.66. The summed E-state index contributed by atoms with van der Waals surface area (Å²) in [6.45, 7) is 4.67. The molecular weight excluding hydrogens is 198 g/mol. The van der Waals surface area contributed by atoms with Gasteiger partial charge in [-0.3, -0.25) is 0 Å². The standard InChI is InChI=1S/C10H23NO2S/c1-3-13-9-10(12)8-11-6-4-5-7-14-2/h10-12H,3-9H2,1-2H3. The van der Waals surface area contributed by atoms with E-state index in [9.17, 15) is 5.11 Å². The third kappa shape index (κ3) is 10.3. The Bertz CT molecular complexity index is 114. The third-order valence-corrected chi connectivity index (χ3v) is 2.54. The minimum atomic E-state index is -0.365. The van der Waals surface area contributed by atoms with Gasteiger partial charge in [0.1, 0.15) is 0 Å². The minimum absolute atomic E-state index is 0.365. The lowest BCUT2D eigenvalue weighted by Crippen LogP contribution is -2.31. The molecule has 0 rings (SSSR count). The third-order valence-electron chi connectivity index (χ3n) is 1.85. The van der Waals surface area contributed by atoms with E-state index in [2.05, 4.69) is 11.6 Å². The van der Waals surface area contributed by atoms with Gasteiger partial charge in [0, 0.05) is 13.2 Å². The maximum Gasteiger partial charge on any atom is 0.0897 e. The first-order valence-electron chi connectivity index (χ1n) is 5.26. The average Bonchev–Trinajstić information content (AvgIpc) is 2.20. The van der Waals surface area contributed by atoms with Crippen LogP contribution in [0.3, 0.4) is 0 Å². The monoisotopic (exact) mass is 221 g/mol. The van der Waals surface area contributed by atoms with Crippen LogP contribution in [0.4, 0.5) is 0 Å². The van der Waals surface area contributed by atoms with E-state index in [1.54, 1.807) is 0 Å². The fourth-order valence-corrected chi connectivity index (χ4v) is 1.57. The lowest BCUT2D eigenvalue weighted by molar-refractivity contribution is 0.0429. The predicted molar refractivity (Wildman–Crippen MR) is 63.0 cm³/mol. The molecule has 14 heavy (non-hydrogen) atoms. The van der Waals surface area contributed by atoms with Crippen molar-refractivity contribution in [2.24, 2.45) is 0 Å². The molecule has 0 aliphatic heterocycles. The second kappa shape index (κ2) is 11.3. The van der Waals surface area contributed by atoms with E-state index in [1.807, 2.05) is 18.7 Å². The lowest BCUT2D eigenvalue weighted by atomic mass is 10.3. The molecule has 0 spiro atoms. The van der Waals surface area contributed by atoms with Crippen molar-refractivity contribution in [3.8, 4) is 0 Å². The van der Waals surface area contributed by atoms with Gasteiger partial charge in [0.15, 0.2) is 0 Å². The molecule has 0 bridgehead atoms. The van der Waals surface area contributed by atoms with Crippen molar-refractivity contribution < 1.29 is 9.84 Å². The van der Waals surface area contributed by atoms with Gasteiger partial charge in [-0.25, -0.2) is 0 Å². The largest absolute Gasteiger partial charge is 0.389 e. The summed E-state index contributed by atoms with van der Waals surface area (Å²) >= 11 is 1.88. The maximum absolute atomic E-state index is 9.39. The zero-order valence-corrected chi connectivity index (χ0v) is 10.1.